The minimum absolute atomic E-state index is 0. The van der Waals surface area contributed by atoms with Crippen LogP contribution >= 0.6 is 0 Å². The first-order valence-corrected chi connectivity index (χ1v) is 7.94. The first-order valence-electron chi connectivity index (χ1n) is 7.31. The van der Waals surface area contributed by atoms with Crippen LogP contribution in [0.3, 0.4) is 0 Å². The normalized spacial score (nSPS) is 13.3. The van der Waals surface area contributed by atoms with Gasteiger partial charge in [-0.05, 0) is 5.92 Å². The standard InChI is InChI=1S/C8H16N.C5H12N2.CH3N.CH3.V/c1-9-7-6-8-4-2-3-5-8;1-3-6-5-7-4-2;1-2;;/h8H,2-7H2,1H3;3-5H2,1-2H3;1H3;1H3;/q-1;-2;;-1;. The Labute approximate surface area is 137 Å². The summed E-state index contributed by atoms with van der Waals surface area (Å²) in [4.78, 5) is 0. The van der Waals surface area contributed by atoms with E-state index < -0.39 is 0 Å². The van der Waals surface area contributed by atoms with Crippen molar-refractivity contribution in [3.05, 3.63) is 23.4 Å². The van der Waals surface area contributed by atoms with Gasteiger partial charge in [-0.1, -0.05) is 46.0 Å². The summed E-state index contributed by atoms with van der Waals surface area (Å²) >= 11 is 2.09. The fourth-order valence-electron chi connectivity index (χ4n) is 1.88. The zero-order valence-electron chi connectivity index (χ0n) is 14.2. The van der Waals surface area contributed by atoms with Gasteiger partial charge in [0.1, 0.15) is 0 Å². The molecule has 0 aliphatic heterocycles. The average Bonchev–Trinajstić information content (AvgIpc) is 2.92. The maximum absolute atomic E-state index is 4.10. The Morgan fingerprint density at radius 3 is 1.90 bits per heavy atom. The van der Waals surface area contributed by atoms with Crippen LogP contribution in [0.15, 0.2) is 3.79 Å². The second kappa shape index (κ2) is 24.3. The molecule has 0 spiro atoms. The van der Waals surface area contributed by atoms with Crippen molar-refractivity contribution in [1.82, 2.24) is 0 Å². The first kappa shape index (κ1) is 25.2. The fourth-order valence-corrected chi connectivity index (χ4v) is 1.88. The monoisotopic (exact) mass is 321 g/mol. The Morgan fingerprint density at radius 1 is 1.10 bits per heavy atom. The molecule has 0 aromatic rings. The van der Waals surface area contributed by atoms with Gasteiger partial charge in [-0.3, -0.25) is 6.67 Å². The molecule has 0 amide bonds. The summed E-state index contributed by atoms with van der Waals surface area (Å²) in [6.45, 7) is 7.60. The summed E-state index contributed by atoms with van der Waals surface area (Å²) in [6, 6.07) is 0. The molecule has 0 bridgehead atoms. The zero-order valence-corrected chi connectivity index (χ0v) is 15.6. The SMILES string of the molecule is CC[N-]C[N-]CC.C[N-]CCC1CCCC1.C[N]=[V].[CH3-]. The van der Waals surface area contributed by atoms with Gasteiger partial charge in [0, 0.05) is 0 Å². The van der Waals surface area contributed by atoms with E-state index in [-0.39, 0.29) is 7.43 Å². The molecule has 0 saturated heterocycles. The summed E-state index contributed by atoms with van der Waals surface area (Å²) in [5.41, 5.74) is 0. The molecule has 123 valence electrons. The molecule has 20 heavy (non-hydrogen) atoms. The van der Waals surface area contributed by atoms with Crippen LogP contribution in [-0.2, 0) is 17.2 Å². The average molecular weight is 321 g/mol. The Kier molecular flexibility index (Phi) is 30.6. The molecule has 0 radical (unpaired) electrons. The van der Waals surface area contributed by atoms with Crippen LogP contribution in [-0.4, -0.2) is 40.4 Å². The third kappa shape index (κ3) is 23.4. The Balaban J connectivity index is -0.000000238. The van der Waals surface area contributed by atoms with E-state index in [0.29, 0.717) is 6.67 Å². The maximum Gasteiger partial charge on any atom is -0.358 e. The zero-order chi connectivity index (χ0) is 14.8. The van der Waals surface area contributed by atoms with Gasteiger partial charge >= 0.3 is 28.1 Å². The van der Waals surface area contributed by atoms with E-state index in [1.54, 1.807) is 7.05 Å². The van der Waals surface area contributed by atoms with E-state index in [1.165, 1.54) is 32.1 Å². The van der Waals surface area contributed by atoms with Gasteiger partial charge in [-0.25, -0.2) is 0 Å². The summed E-state index contributed by atoms with van der Waals surface area (Å²) in [5.74, 6) is 1.02. The molecule has 1 aliphatic carbocycles. The molecular weight excluding hydrogens is 287 g/mol. The van der Waals surface area contributed by atoms with Crippen LogP contribution in [0.2, 0.25) is 0 Å². The summed E-state index contributed by atoms with van der Waals surface area (Å²) < 4.78 is 3.44. The third-order valence-corrected chi connectivity index (χ3v) is 2.88. The van der Waals surface area contributed by atoms with Crippen molar-refractivity contribution in [3.8, 4) is 0 Å². The molecule has 0 atom stereocenters. The second-order valence-electron chi connectivity index (χ2n) is 4.40. The Hall–Kier alpha value is 0.264. The van der Waals surface area contributed by atoms with Gasteiger partial charge in [0.2, 0.25) is 0 Å². The van der Waals surface area contributed by atoms with E-state index in [4.69, 9.17) is 0 Å². The van der Waals surface area contributed by atoms with E-state index in [2.05, 4.69) is 37.0 Å². The fraction of sp³-hybridized carbons (Fsp3) is 0.933. The number of nitrogens with zero attached hydrogens (tertiary/aromatic N) is 4. The van der Waals surface area contributed by atoms with Crippen molar-refractivity contribution in [2.24, 2.45) is 9.71 Å². The Morgan fingerprint density at radius 2 is 1.55 bits per heavy atom. The van der Waals surface area contributed by atoms with Crippen LogP contribution in [0.1, 0.15) is 46.0 Å². The summed E-state index contributed by atoms with van der Waals surface area (Å²) in [6.07, 6.45) is 7.21. The van der Waals surface area contributed by atoms with Crippen molar-refractivity contribution in [2.75, 3.05) is 40.4 Å². The van der Waals surface area contributed by atoms with Gasteiger partial charge in [0.15, 0.2) is 0 Å². The van der Waals surface area contributed by atoms with Crippen molar-refractivity contribution >= 4 is 0 Å². The molecule has 1 aliphatic rings. The molecule has 0 aromatic heterocycles. The minimum Gasteiger partial charge on any atom is -0.358 e. The van der Waals surface area contributed by atoms with Crippen LogP contribution in [0.25, 0.3) is 16.0 Å². The topological polar surface area (TPSA) is 54.7 Å². The molecule has 4 nitrogen and oxygen atoms in total. The second-order valence-corrected chi connectivity index (χ2v) is 5.02. The smallest absolute Gasteiger partial charge is 0.358 e. The van der Waals surface area contributed by atoms with E-state index in [9.17, 15) is 0 Å². The molecule has 0 N–H and O–H groups in total. The molecule has 0 aromatic carbocycles. The number of hydrogen-bond acceptors (Lipinski definition) is 1. The van der Waals surface area contributed by atoms with Crippen molar-refractivity contribution in [3.63, 3.8) is 0 Å². The predicted molar refractivity (Wildman–Crippen MR) is 88.2 cm³/mol. The first-order chi connectivity index (χ1) is 9.26. The van der Waals surface area contributed by atoms with Crippen LogP contribution in [0.4, 0.5) is 0 Å². The molecule has 0 unspecified atom stereocenters. The van der Waals surface area contributed by atoms with Crippen molar-refractivity contribution in [1.29, 1.82) is 0 Å². The summed E-state index contributed by atoms with van der Waals surface area (Å²) in [7, 11) is 3.63. The Bertz CT molecular complexity index is 158. The van der Waals surface area contributed by atoms with Gasteiger partial charge in [0.25, 0.3) is 0 Å². The largest absolute Gasteiger partial charge is 0.358 e. The molecule has 1 rings (SSSR count). The molecule has 0 heterocycles. The van der Waals surface area contributed by atoms with E-state index in [0.717, 1.165) is 25.6 Å². The van der Waals surface area contributed by atoms with Gasteiger partial charge in [0.05, 0.1) is 0 Å². The van der Waals surface area contributed by atoms with Crippen molar-refractivity contribution < 1.29 is 17.2 Å². The van der Waals surface area contributed by atoms with Crippen molar-refractivity contribution in [2.45, 2.75) is 46.0 Å². The van der Waals surface area contributed by atoms with E-state index >= 15 is 0 Å². The number of rotatable bonds is 7. The third-order valence-electron chi connectivity index (χ3n) is 2.88. The predicted octanol–water partition coefficient (Wildman–Crippen LogP) is 5.10. The van der Waals surface area contributed by atoms with Crippen LogP contribution in [0, 0.1) is 13.3 Å². The number of hydrogen-bond donors (Lipinski definition) is 0. The summed E-state index contributed by atoms with van der Waals surface area (Å²) in [5, 5.41) is 12.1. The molecule has 1 fully saturated rings. The molecular formula is C15H34N4V-4. The van der Waals surface area contributed by atoms with Crippen LogP contribution in [0.5, 0.6) is 0 Å². The quantitative estimate of drug-likeness (QED) is 0.463. The minimum atomic E-state index is 0. The van der Waals surface area contributed by atoms with Gasteiger partial charge in [-0.2, -0.15) is 20.1 Å². The van der Waals surface area contributed by atoms with E-state index in [1.807, 2.05) is 20.9 Å². The van der Waals surface area contributed by atoms with Gasteiger partial charge < -0.3 is 23.4 Å². The van der Waals surface area contributed by atoms with Crippen LogP contribution < -0.4 is 0 Å². The van der Waals surface area contributed by atoms with Gasteiger partial charge in [-0.15, -0.1) is 6.54 Å². The maximum atomic E-state index is 4.10. The molecule has 1 saturated carbocycles. The molecule has 5 heteroatoms.